The fourth-order valence-electron chi connectivity index (χ4n) is 2.30. The van der Waals surface area contributed by atoms with Gasteiger partial charge in [0.2, 0.25) is 0 Å². The molecule has 1 aromatic heterocycles. The molecule has 2 nitrogen and oxygen atoms in total. The molecule has 0 aromatic carbocycles. The maximum absolute atomic E-state index is 5.99. The lowest BCUT2D eigenvalue weighted by Crippen LogP contribution is -2.30. The van der Waals surface area contributed by atoms with Gasteiger partial charge in [0.25, 0.3) is 0 Å². The van der Waals surface area contributed by atoms with Crippen LogP contribution in [0.5, 0.6) is 0 Å². The minimum atomic E-state index is 0.561. The van der Waals surface area contributed by atoms with Crippen molar-refractivity contribution in [2.75, 3.05) is 18.0 Å². The molecule has 19 heavy (non-hydrogen) atoms. The highest BCUT2D eigenvalue weighted by Gasteiger charge is 2.13. The van der Waals surface area contributed by atoms with Crippen molar-refractivity contribution in [3.63, 3.8) is 0 Å². The number of hydrogen-bond acceptors (Lipinski definition) is 2. The van der Waals surface area contributed by atoms with E-state index in [-0.39, 0.29) is 0 Å². The van der Waals surface area contributed by atoms with Crippen LogP contribution in [-0.2, 0) is 12.3 Å². The number of aryl methyl sites for hydroxylation is 1. The van der Waals surface area contributed by atoms with Gasteiger partial charge >= 0.3 is 0 Å². The largest absolute Gasteiger partial charge is 0.357 e. The Balaban J connectivity index is 2.96. The first-order chi connectivity index (χ1) is 9.18. The van der Waals surface area contributed by atoms with Crippen molar-refractivity contribution in [2.24, 2.45) is 5.92 Å². The standard InChI is InChI=1S/C16H27ClN2/c1-5-13(6-2)12-19(8-4)16-10-14(11-17)9-15(7-3)18-16/h9-10,13H,5-8,11-12H2,1-4H3. The van der Waals surface area contributed by atoms with E-state index in [0.717, 1.165) is 36.9 Å². The third kappa shape index (κ3) is 4.68. The molecule has 0 N–H and O–H groups in total. The Morgan fingerprint density at radius 1 is 1.16 bits per heavy atom. The van der Waals surface area contributed by atoms with Crippen molar-refractivity contribution in [3.05, 3.63) is 23.4 Å². The van der Waals surface area contributed by atoms with Crippen LogP contribution in [-0.4, -0.2) is 18.1 Å². The number of anilines is 1. The second-order valence-electron chi connectivity index (χ2n) is 5.03. The van der Waals surface area contributed by atoms with E-state index in [2.05, 4.69) is 44.7 Å². The minimum absolute atomic E-state index is 0.561. The third-order valence-electron chi connectivity index (χ3n) is 3.78. The van der Waals surface area contributed by atoms with Crippen molar-refractivity contribution in [3.8, 4) is 0 Å². The van der Waals surface area contributed by atoms with Crippen LogP contribution in [0.1, 0.15) is 51.8 Å². The molecule has 3 heteroatoms. The summed E-state index contributed by atoms with van der Waals surface area (Å²) in [6, 6.07) is 4.25. The Morgan fingerprint density at radius 3 is 2.32 bits per heavy atom. The zero-order chi connectivity index (χ0) is 14.3. The Labute approximate surface area is 123 Å². The number of pyridine rings is 1. The topological polar surface area (TPSA) is 16.1 Å². The second-order valence-corrected chi connectivity index (χ2v) is 5.30. The average Bonchev–Trinajstić information content (AvgIpc) is 2.48. The van der Waals surface area contributed by atoms with Crippen molar-refractivity contribution in [1.29, 1.82) is 0 Å². The highest BCUT2D eigenvalue weighted by atomic mass is 35.5. The van der Waals surface area contributed by atoms with E-state index in [1.54, 1.807) is 0 Å². The summed E-state index contributed by atoms with van der Waals surface area (Å²) < 4.78 is 0. The van der Waals surface area contributed by atoms with Gasteiger partial charge in [0, 0.05) is 24.7 Å². The second kappa shape index (κ2) is 8.42. The van der Waals surface area contributed by atoms with Gasteiger partial charge in [0.15, 0.2) is 0 Å². The van der Waals surface area contributed by atoms with E-state index in [9.17, 15) is 0 Å². The smallest absolute Gasteiger partial charge is 0.129 e. The SMILES string of the molecule is CCc1cc(CCl)cc(N(CC)CC(CC)CC)n1. The van der Waals surface area contributed by atoms with Crippen molar-refractivity contribution in [1.82, 2.24) is 4.98 Å². The highest BCUT2D eigenvalue weighted by molar-refractivity contribution is 6.17. The summed E-state index contributed by atoms with van der Waals surface area (Å²) >= 11 is 5.99. The molecule has 0 aliphatic rings. The molecular formula is C16H27ClN2. The van der Waals surface area contributed by atoms with Crippen LogP contribution in [0, 0.1) is 5.92 Å². The molecule has 1 aromatic rings. The molecule has 1 rings (SSSR count). The van der Waals surface area contributed by atoms with Crippen LogP contribution in [0.15, 0.2) is 12.1 Å². The fraction of sp³-hybridized carbons (Fsp3) is 0.688. The number of hydrogen-bond donors (Lipinski definition) is 0. The predicted molar refractivity (Wildman–Crippen MR) is 85.1 cm³/mol. The molecule has 0 atom stereocenters. The summed E-state index contributed by atoms with van der Waals surface area (Å²) in [5.41, 5.74) is 2.31. The maximum atomic E-state index is 5.99. The molecule has 0 aliphatic heterocycles. The summed E-state index contributed by atoms with van der Waals surface area (Å²) in [5, 5.41) is 0. The predicted octanol–water partition coefficient (Wildman–Crippen LogP) is 4.65. The van der Waals surface area contributed by atoms with Gasteiger partial charge in [-0.1, -0.05) is 33.6 Å². The Bertz CT molecular complexity index is 353. The van der Waals surface area contributed by atoms with Crippen LogP contribution in [0.2, 0.25) is 0 Å². The van der Waals surface area contributed by atoms with Crippen molar-refractivity contribution >= 4 is 17.4 Å². The zero-order valence-corrected chi connectivity index (χ0v) is 13.5. The zero-order valence-electron chi connectivity index (χ0n) is 12.7. The van der Waals surface area contributed by atoms with Gasteiger partial charge in [0.05, 0.1) is 0 Å². The van der Waals surface area contributed by atoms with Crippen LogP contribution in [0.25, 0.3) is 0 Å². The lowest BCUT2D eigenvalue weighted by molar-refractivity contribution is 0.484. The summed E-state index contributed by atoms with van der Waals surface area (Å²) in [7, 11) is 0. The monoisotopic (exact) mass is 282 g/mol. The highest BCUT2D eigenvalue weighted by Crippen LogP contribution is 2.20. The third-order valence-corrected chi connectivity index (χ3v) is 4.09. The van der Waals surface area contributed by atoms with Gasteiger partial charge in [0.1, 0.15) is 5.82 Å². The maximum Gasteiger partial charge on any atom is 0.129 e. The van der Waals surface area contributed by atoms with Crippen LogP contribution in [0.3, 0.4) is 0 Å². The lowest BCUT2D eigenvalue weighted by Gasteiger charge is -2.27. The van der Waals surface area contributed by atoms with E-state index in [1.165, 1.54) is 18.4 Å². The fourth-order valence-corrected chi connectivity index (χ4v) is 2.45. The Kier molecular flexibility index (Phi) is 7.22. The van der Waals surface area contributed by atoms with Gasteiger partial charge < -0.3 is 4.90 Å². The van der Waals surface area contributed by atoms with Crippen molar-refractivity contribution in [2.45, 2.75) is 52.8 Å². The summed E-state index contributed by atoms with van der Waals surface area (Å²) in [4.78, 5) is 7.14. The Hall–Kier alpha value is -0.760. The molecule has 0 amide bonds. The number of nitrogens with zero attached hydrogens (tertiary/aromatic N) is 2. The molecule has 0 bridgehead atoms. The van der Waals surface area contributed by atoms with Gasteiger partial charge in [-0.15, -0.1) is 11.6 Å². The first-order valence-electron chi connectivity index (χ1n) is 7.49. The van der Waals surface area contributed by atoms with E-state index in [4.69, 9.17) is 16.6 Å². The van der Waals surface area contributed by atoms with Crippen LogP contribution < -0.4 is 4.90 Å². The average molecular weight is 283 g/mol. The van der Waals surface area contributed by atoms with E-state index < -0.39 is 0 Å². The normalized spacial score (nSPS) is 11.1. The van der Waals surface area contributed by atoms with Crippen LogP contribution in [0.4, 0.5) is 5.82 Å². The first kappa shape index (κ1) is 16.3. The molecule has 108 valence electrons. The number of halogens is 1. The number of rotatable bonds is 8. The number of alkyl halides is 1. The summed E-state index contributed by atoms with van der Waals surface area (Å²) in [6.45, 7) is 11.0. The first-order valence-corrected chi connectivity index (χ1v) is 8.02. The molecule has 0 spiro atoms. The van der Waals surface area contributed by atoms with Gasteiger partial charge in [-0.25, -0.2) is 4.98 Å². The Morgan fingerprint density at radius 2 is 1.84 bits per heavy atom. The van der Waals surface area contributed by atoms with E-state index in [0.29, 0.717) is 5.88 Å². The van der Waals surface area contributed by atoms with E-state index >= 15 is 0 Å². The molecule has 0 unspecified atom stereocenters. The lowest BCUT2D eigenvalue weighted by atomic mass is 10.0. The molecule has 0 aliphatic carbocycles. The van der Waals surface area contributed by atoms with Crippen LogP contribution >= 0.6 is 11.6 Å². The summed E-state index contributed by atoms with van der Waals surface area (Å²) in [6.07, 6.45) is 3.41. The molecular weight excluding hydrogens is 256 g/mol. The molecule has 0 saturated heterocycles. The molecule has 0 fully saturated rings. The van der Waals surface area contributed by atoms with Gasteiger partial charge in [-0.05, 0) is 37.0 Å². The quantitative estimate of drug-likeness (QED) is 0.646. The minimum Gasteiger partial charge on any atom is -0.357 e. The van der Waals surface area contributed by atoms with Gasteiger partial charge in [-0.3, -0.25) is 0 Å². The number of aromatic nitrogens is 1. The molecule has 1 heterocycles. The molecule has 0 saturated carbocycles. The van der Waals surface area contributed by atoms with Gasteiger partial charge in [-0.2, -0.15) is 0 Å². The summed E-state index contributed by atoms with van der Waals surface area (Å²) in [5.74, 6) is 2.39. The van der Waals surface area contributed by atoms with E-state index in [1.807, 2.05) is 0 Å². The van der Waals surface area contributed by atoms with Crippen molar-refractivity contribution < 1.29 is 0 Å². The molecule has 0 radical (unpaired) electrons.